The van der Waals surface area contributed by atoms with Gasteiger partial charge in [0.15, 0.2) is 0 Å². The van der Waals surface area contributed by atoms with Crippen LogP contribution in [0, 0.1) is 0 Å². The molecular formula is C7H14N2O2. The third-order valence-corrected chi connectivity index (χ3v) is 1.61. The molecule has 2 N–H and O–H groups in total. The smallest absolute Gasteiger partial charge is 0.221 e. The van der Waals surface area contributed by atoms with Crippen LogP contribution in [0.25, 0.3) is 0 Å². The number of ether oxygens (including phenoxy) is 1. The molecule has 1 amide bonds. The van der Waals surface area contributed by atoms with Crippen molar-refractivity contribution in [3.05, 3.63) is 0 Å². The number of hydrogen-bond donors (Lipinski definition) is 2. The molecule has 1 rings (SSSR count). The molecule has 0 atom stereocenters. The lowest BCUT2D eigenvalue weighted by atomic mass is 10.2. The van der Waals surface area contributed by atoms with Crippen LogP contribution < -0.4 is 10.6 Å². The molecule has 0 saturated carbocycles. The van der Waals surface area contributed by atoms with E-state index in [1.165, 1.54) is 0 Å². The highest BCUT2D eigenvalue weighted by molar-refractivity contribution is 5.76. The number of carbonyl (C=O) groups excluding carboxylic acids is 1. The predicted molar refractivity (Wildman–Crippen MR) is 41.3 cm³/mol. The van der Waals surface area contributed by atoms with Gasteiger partial charge in [-0.1, -0.05) is 0 Å². The van der Waals surface area contributed by atoms with Crippen molar-refractivity contribution in [1.82, 2.24) is 10.6 Å². The summed E-state index contributed by atoms with van der Waals surface area (Å²) >= 11 is 0. The van der Waals surface area contributed by atoms with E-state index in [0.29, 0.717) is 19.6 Å². The van der Waals surface area contributed by atoms with E-state index < -0.39 is 0 Å². The average Bonchev–Trinajstić information content (AvgIpc) is 1.93. The van der Waals surface area contributed by atoms with E-state index in [1.54, 1.807) is 0 Å². The van der Waals surface area contributed by atoms with Crippen LogP contribution in [0.1, 0.15) is 6.42 Å². The SMILES string of the molecule is CNCCC(=O)NC1COC1. The van der Waals surface area contributed by atoms with Gasteiger partial charge in [0.2, 0.25) is 5.91 Å². The first-order valence-electron chi connectivity index (χ1n) is 3.84. The van der Waals surface area contributed by atoms with Gasteiger partial charge in [-0.05, 0) is 7.05 Å². The molecule has 0 spiro atoms. The number of nitrogens with one attached hydrogen (secondary N) is 2. The Labute approximate surface area is 66.3 Å². The first kappa shape index (κ1) is 8.49. The predicted octanol–water partition coefficient (Wildman–Crippen LogP) is -0.889. The Hall–Kier alpha value is -0.610. The zero-order valence-corrected chi connectivity index (χ0v) is 6.72. The van der Waals surface area contributed by atoms with Crippen molar-refractivity contribution in [3.63, 3.8) is 0 Å². The molecule has 1 aliphatic heterocycles. The monoisotopic (exact) mass is 158 g/mol. The van der Waals surface area contributed by atoms with E-state index in [2.05, 4.69) is 10.6 Å². The highest BCUT2D eigenvalue weighted by atomic mass is 16.5. The zero-order chi connectivity index (χ0) is 8.10. The standard InChI is InChI=1S/C7H14N2O2/c1-8-3-2-7(10)9-6-4-11-5-6/h6,8H,2-5H2,1H3,(H,9,10). The van der Waals surface area contributed by atoms with Gasteiger partial charge in [0, 0.05) is 13.0 Å². The normalized spacial score (nSPS) is 17.5. The van der Waals surface area contributed by atoms with Gasteiger partial charge < -0.3 is 15.4 Å². The molecule has 4 heteroatoms. The maximum Gasteiger partial charge on any atom is 0.221 e. The Morgan fingerprint density at radius 2 is 2.36 bits per heavy atom. The Kier molecular flexibility index (Phi) is 3.32. The van der Waals surface area contributed by atoms with Gasteiger partial charge in [0.05, 0.1) is 19.3 Å². The molecule has 0 radical (unpaired) electrons. The van der Waals surface area contributed by atoms with Crippen molar-refractivity contribution >= 4 is 5.91 Å². The van der Waals surface area contributed by atoms with E-state index in [0.717, 1.165) is 6.54 Å². The van der Waals surface area contributed by atoms with E-state index in [1.807, 2.05) is 7.05 Å². The number of amides is 1. The minimum atomic E-state index is 0.104. The van der Waals surface area contributed by atoms with Gasteiger partial charge in [-0.2, -0.15) is 0 Å². The van der Waals surface area contributed by atoms with Crippen LogP contribution in [0.5, 0.6) is 0 Å². The second-order valence-electron chi connectivity index (χ2n) is 2.66. The summed E-state index contributed by atoms with van der Waals surface area (Å²) in [7, 11) is 1.83. The molecule has 0 aromatic heterocycles. The van der Waals surface area contributed by atoms with Crippen molar-refractivity contribution in [2.45, 2.75) is 12.5 Å². The lowest BCUT2D eigenvalue weighted by molar-refractivity contribution is -0.125. The van der Waals surface area contributed by atoms with Crippen LogP contribution in [0.3, 0.4) is 0 Å². The number of hydrogen-bond acceptors (Lipinski definition) is 3. The van der Waals surface area contributed by atoms with Gasteiger partial charge in [0.25, 0.3) is 0 Å². The van der Waals surface area contributed by atoms with Crippen molar-refractivity contribution < 1.29 is 9.53 Å². The Morgan fingerprint density at radius 1 is 1.64 bits per heavy atom. The summed E-state index contributed by atoms with van der Waals surface area (Å²) in [5.41, 5.74) is 0. The first-order valence-corrected chi connectivity index (χ1v) is 3.84. The molecule has 1 fully saturated rings. The maximum atomic E-state index is 11.0. The third kappa shape index (κ3) is 2.86. The fourth-order valence-corrected chi connectivity index (χ4v) is 0.857. The summed E-state index contributed by atoms with van der Waals surface area (Å²) in [4.78, 5) is 11.0. The van der Waals surface area contributed by atoms with Gasteiger partial charge in [-0.25, -0.2) is 0 Å². The van der Waals surface area contributed by atoms with E-state index >= 15 is 0 Å². The lowest BCUT2D eigenvalue weighted by Gasteiger charge is -2.26. The summed E-state index contributed by atoms with van der Waals surface area (Å²) < 4.78 is 4.91. The minimum absolute atomic E-state index is 0.104. The van der Waals surface area contributed by atoms with Crippen LogP contribution in [0.4, 0.5) is 0 Å². The molecule has 0 aliphatic carbocycles. The van der Waals surface area contributed by atoms with E-state index in [9.17, 15) is 4.79 Å². The lowest BCUT2D eigenvalue weighted by Crippen LogP contribution is -2.48. The van der Waals surface area contributed by atoms with Crippen molar-refractivity contribution in [2.24, 2.45) is 0 Å². The summed E-state index contributed by atoms with van der Waals surface area (Å²) in [6.07, 6.45) is 0.549. The maximum absolute atomic E-state index is 11.0. The summed E-state index contributed by atoms with van der Waals surface area (Å²) in [6.45, 7) is 2.08. The number of rotatable bonds is 4. The molecular weight excluding hydrogens is 144 g/mol. The van der Waals surface area contributed by atoms with Crippen molar-refractivity contribution in [1.29, 1.82) is 0 Å². The zero-order valence-electron chi connectivity index (χ0n) is 6.72. The highest BCUT2D eigenvalue weighted by Gasteiger charge is 2.19. The molecule has 0 unspecified atom stereocenters. The fourth-order valence-electron chi connectivity index (χ4n) is 0.857. The van der Waals surface area contributed by atoms with Gasteiger partial charge >= 0.3 is 0 Å². The third-order valence-electron chi connectivity index (χ3n) is 1.61. The first-order chi connectivity index (χ1) is 5.33. The topological polar surface area (TPSA) is 50.4 Å². The Morgan fingerprint density at radius 3 is 2.82 bits per heavy atom. The van der Waals surface area contributed by atoms with Gasteiger partial charge in [-0.15, -0.1) is 0 Å². The van der Waals surface area contributed by atoms with Crippen molar-refractivity contribution in [3.8, 4) is 0 Å². The summed E-state index contributed by atoms with van der Waals surface area (Å²) in [6, 6.07) is 0.263. The largest absolute Gasteiger partial charge is 0.377 e. The molecule has 1 aliphatic rings. The molecule has 1 heterocycles. The fraction of sp³-hybridized carbons (Fsp3) is 0.857. The van der Waals surface area contributed by atoms with E-state index in [4.69, 9.17) is 4.74 Å². The van der Waals surface area contributed by atoms with Crippen LogP contribution >= 0.6 is 0 Å². The van der Waals surface area contributed by atoms with Gasteiger partial charge in [0.1, 0.15) is 0 Å². The second kappa shape index (κ2) is 4.31. The molecule has 0 aromatic rings. The van der Waals surface area contributed by atoms with Gasteiger partial charge in [-0.3, -0.25) is 4.79 Å². The summed E-state index contributed by atoms with van der Waals surface area (Å²) in [5, 5.41) is 5.76. The van der Waals surface area contributed by atoms with Crippen LogP contribution in [0.2, 0.25) is 0 Å². The van der Waals surface area contributed by atoms with Crippen LogP contribution in [0.15, 0.2) is 0 Å². The molecule has 4 nitrogen and oxygen atoms in total. The quantitative estimate of drug-likeness (QED) is 0.558. The molecule has 0 bridgehead atoms. The second-order valence-corrected chi connectivity index (χ2v) is 2.66. The Bertz CT molecular complexity index is 134. The van der Waals surface area contributed by atoms with Crippen LogP contribution in [-0.2, 0) is 9.53 Å². The van der Waals surface area contributed by atoms with Crippen LogP contribution in [-0.4, -0.2) is 38.8 Å². The minimum Gasteiger partial charge on any atom is -0.377 e. The molecule has 11 heavy (non-hydrogen) atoms. The molecule has 0 aromatic carbocycles. The summed E-state index contributed by atoms with van der Waals surface area (Å²) in [5.74, 6) is 0.104. The molecule has 1 saturated heterocycles. The molecule has 64 valence electrons. The van der Waals surface area contributed by atoms with E-state index in [-0.39, 0.29) is 11.9 Å². The average molecular weight is 158 g/mol. The van der Waals surface area contributed by atoms with Crippen molar-refractivity contribution in [2.75, 3.05) is 26.8 Å². The number of carbonyl (C=O) groups is 1. The Balaban J connectivity index is 2.00. The highest BCUT2D eigenvalue weighted by Crippen LogP contribution is 1.99.